The third-order valence-electron chi connectivity index (χ3n) is 5.50. The Kier molecular flexibility index (Phi) is 2.31. The lowest BCUT2D eigenvalue weighted by Gasteiger charge is -2.38. The Morgan fingerprint density at radius 1 is 1.18 bits per heavy atom. The van der Waals surface area contributed by atoms with Gasteiger partial charge in [0.1, 0.15) is 5.82 Å². The van der Waals surface area contributed by atoms with Gasteiger partial charge in [0, 0.05) is 30.1 Å². The second-order valence-electron chi connectivity index (χ2n) is 6.65. The predicted octanol–water partition coefficient (Wildman–Crippen LogP) is 3.98. The molecule has 0 fully saturated rings. The van der Waals surface area contributed by atoms with Crippen LogP contribution in [0, 0.1) is 6.92 Å². The lowest BCUT2D eigenvalue weighted by Crippen LogP contribution is -2.33. The lowest BCUT2D eigenvalue weighted by molar-refractivity contribution is 0.0432. The summed E-state index contributed by atoms with van der Waals surface area (Å²) < 4.78 is 8.56. The van der Waals surface area contributed by atoms with Gasteiger partial charge >= 0.3 is 0 Å². The number of fused-ring (bicyclic) bond motifs is 5. The molecule has 0 unspecified atom stereocenters. The van der Waals surface area contributed by atoms with E-state index in [1.807, 2.05) is 0 Å². The molecule has 0 N–H and O–H groups in total. The summed E-state index contributed by atoms with van der Waals surface area (Å²) in [4.78, 5) is 2.40. The number of benzene rings is 1. The van der Waals surface area contributed by atoms with Gasteiger partial charge in [-0.3, -0.25) is 4.40 Å². The van der Waals surface area contributed by atoms with Crippen LogP contribution in [0.15, 0.2) is 24.3 Å². The molecule has 22 heavy (non-hydrogen) atoms. The third kappa shape index (κ3) is 1.31. The highest BCUT2D eigenvalue weighted by Crippen LogP contribution is 2.46. The Morgan fingerprint density at radius 2 is 2.00 bits per heavy atom. The highest BCUT2D eigenvalue weighted by molar-refractivity contribution is 5.96. The summed E-state index contributed by atoms with van der Waals surface area (Å²) in [5.74, 6) is 1.33. The first kappa shape index (κ1) is 12.5. The number of rotatable bonds is 0. The molecule has 0 aliphatic carbocycles. The van der Waals surface area contributed by atoms with E-state index in [0.29, 0.717) is 0 Å². The van der Waals surface area contributed by atoms with Gasteiger partial charge in [0.2, 0.25) is 0 Å². The van der Waals surface area contributed by atoms with Gasteiger partial charge in [-0.25, -0.2) is 0 Å². The van der Waals surface area contributed by atoms with Crippen LogP contribution in [0.2, 0.25) is 0 Å². The largest absolute Gasteiger partial charge is 0.369 e. The maximum atomic E-state index is 6.08. The quantitative estimate of drug-likeness (QED) is 0.623. The van der Waals surface area contributed by atoms with Gasteiger partial charge in [-0.15, -0.1) is 0 Å². The topological polar surface area (TPSA) is 16.9 Å². The van der Waals surface area contributed by atoms with Gasteiger partial charge in [-0.1, -0.05) is 18.2 Å². The van der Waals surface area contributed by atoms with Crippen molar-refractivity contribution in [3.63, 3.8) is 0 Å². The summed E-state index contributed by atoms with van der Waals surface area (Å²) in [6.45, 7) is 6.28. The first-order valence-electron chi connectivity index (χ1n) is 8.08. The average molecular weight is 292 g/mol. The number of hydrogen-bond acceptors (Lipinski definition) is 2. The molecule has 2 aromatic heterocycles. The number of anilines is 1. The van der Waals surface area contributed by atoms with Crippen molar-refractivity contribution in [3.05, 3.63) is 46.5 Å². The van der Waals surface area contributed by atoms with E-state index in [1.165, 1.54) is 38.9 Å². The zero-order valence-electron chi connectivity index (χ0n) is 13.3. The van der Waals surface area contributed by atoms with Crippen molar-refractivity contribution in [2.24, 2.45) is 0 Å². The molecule has 1 atom stereocenters. The van der Waals surface area contributed by atoms with Gasteiger partial charge < -0.3 is 9.64 Å². The summed E-state index contributed by atoms with van der Waals surface area (Å²) in [6.07, 6.45) is 1.32. The number of nitrogens with zero attached hydrogens (tertiary/aromatic N) is 2. The Bertz CT molecular complexity index is 938. The molecule has 0 spiro atoms. The van der Waals surface area contributed by atoms with Crippen molar-refractivity contribution in [3.8, 4) is 0 Å². The molecule has 0 saturated carbocycles. The SMILES string of the molecule is Cc1c2ccccc2n2c3c4c(c(c12)CO[C@@H]4C)CCN3C. The highest BCUT2D eigenvalue weighted by atomic mass is 16.5. The van der Waals surface area contributed by atoms with Gasteiger partial charge in [0.05, 0.1) is 23.7 Å². The number of pyridine rings is 1. The number of para-hydroxylation sites is 1. The average Bonchev–Trinajstić information content (AvgIpc) is 2.81. The van der Waals surface area contributed by atoms with Crippen LogP contribution in [-0.2, 0) is 17.8 Å². The summed E-state index contributed by atoms with van der Waals surface area (Å²) in [7, 11) is 2.21. The fraction of sp³-hybridized carbons (Fsp3) is 0.368. The molecule has 0 amide bonds. The molecular weight excluding hydrogens is 272 g/mol. The molecule has 0 saturated heterocycles. The summed E-state index contributed by atoms with van der Waals surface area (Å²) in [5, 5.41) is 1.36. The molecule has 3 aromatic rings. The Labute approximate surface area is 130 Å². The van der Waals surface area contributed by atoms with E-state index in [0.717, 1.165) is 19.6 Å². The smallest absolute Gasteiger partial charge is 0.119 e. The lowest BCUT2D eigenvalue weighted by atomic mass is 9.90. The molecule has 0 radical (unpaired) electrons. The number of hydrogen-bond donors (Lipinski definition) is 0. The van der Waals surface area contributed by atoms with Crippen LogP contribution in [-0.4, -0.2) is 18.0 Å². The van der Waals surface area contributed by atoms with Gasteiger partial charge in [-0.05, 0) is 37.5 Å². The van der Waals surface area contributed by atoms with Crippen LogP contribution in [0.25, 0.3) is 16.4 Å². The van der Waals surface area contributed by atoms with Crippen LogP contribution in [0.5, 0.6) is 0 Å². The second-order valence-corrected chi connectivity index (χ2v) is 6.65. The number of aryl methyl sites for hydroxylation is 1. The first-order valence-corrected chi connectivity index (χ1v) is 8.08. The van der Waals surface area contributed by atoms with Crippen LogP contribution < -0.4 is 4.90 Å². The normalized spacial score (nSPS) is 20.1. The van der Waals surface area contributed by atoms with E-state index < -0.39 is 0 Å². The van der Waals surface area contributed by atoms with Crippen molar-refractivity contribution in [2.45, 2.75) is 33.0 Å². The van der Waals surface area contributed by atoms with E-state index >= 15 is 0 Å². The highest BCUT2D eigenvalue weighted by Gasteiger charge is 2.34. The molecule has 3 nitrogen and oxygen atoms in total. The summed E-state index contributed by atoms with van der Waals surface area (Å²) in [5.41, 5.74) is 8.44. The van der Waals surface area contributed by atoms with Gasteiger partial charge in [0.25, 0.3) is 0 Å². The zero-order chi connectivity index (χ0) is 15.0. The Hall–Kier alpha value is -2.00. The standard InChI is InChI=1S/C19H20N2O/c1-11-13-6-4-5-7-16(13)21-18(11)15-10-22-12(2)17-14(15)8-9-20(3)19(17)21/h4-7,12H,8-10H2,1-3H3/t12-/m1/s1. The van der Waals surface area contributed by atoms with E-state index in [4.69, 9.17) is 4.74 Å². The molecular formula is C19H20N2O. The Balaban J connectivity index is 2.11. The minimum absolute atomic E-state index is 0.186. The van der Waals surface area contributed by atoms with Crippen LogP contribution >= 0.6 is 0 Å². The van der Waals surface area contributed by atoms with Crippen LogP contribution in [0.4, 0.5) is 5.82 Å². The number of likely N-dealkylation sites (N-methyl/N-ethyl adjacent to an activating group) is 1. The third-order valence-corrected chi connectivity index (χ3v) is 5.50. The minimum Gasteiger partial charge on any atom is -0.369 e. The fourth-order valence-electron chi connectivity index (χ4n) is 4.47. The summed E-state index contributed by atoms with van der Waals surface area (Å²) in [6, 6.07) is 8.76. The van der Waals surface area contributed by atoms with Crippen LogP contribution in [0.3, 0.4) is 0 Å². The molecule has 4 heterocycles. The van der Waals surface area contributed by atoms with Crippen molar-refractivity contribution < 1.29 is 4.74 Å². The molecule has 112 valence electrons. The maximum Gasteiger partial charge on any atom is 0.119 e. The molecule has 5 rings (SSSR count). The number of ether oxygens (including phenoxy) is 1. The molecule has 4 bridgehead atoms. The monoisotopic (exact) mass is 292 g/mol. The van der Waals surface area contributed by atoms with Crippen molar-refractivity contribution in [1.82, 2.24) is 4.40 Å². The van der Waals surface area contributed by atoms with E-state index in [9.17, 15) is 0 Å². The van der Waals surface area contributed by atoms with Crippen molar-refractivity contribution in [2.75, 3.05) is 18.5 Å². The molecule has 3 heteroatoms. The first-order chi connectivity index (χ1) is 10.7. The van der Waals surface area contributed by atoms with Crippen molar-refractivity contribution in [1.29, 1.82) is 0 Å². The summed E-state index contributed by atoms with van der Waals surface area (Å²) >= 11 is 0. The van der Waals surface area contributed by atoms with E-state index in [-0.39, 0.29) is 6.10 Å². The fourth-order valence-corrected chi connectivity index (χ4v) is 4.47. The second kappa shape index (κ2) is 4.05. The van der Waals surface area contributed by atoms with Crippen LogP contribution in [0.1, 0.15) is 35.3 Å². The van der Waals surface area contributed by atoms with Gasteiger partial charge in [-0.2, -0.15) is 0 Å². The number of aromatic nitrogens is 1. The van der Waals surface area contributed by atoms with E-state index in [2.05, 4.69) is 54.5 Å². The predicted molar refractivity (Wildman–Crippen MR) is 89.8 cm³/mol. The van der Waals surface area contributed by atoms with Crippen molar-refractivity contribution >= 4 is 22.2 Å². The zero-order valence-corrected chi connectivity index (χ0v) is 13.3. The molecule has 2 aliphatic heterocycles. The van der Waals surface area contributed by atoms with Gasteiger partial charge in [0.15, 0.2) is 0 Å². The molecule has 1 aromatic carbocycles. The Morgan fingerprint density at radius 3 is 2.86 bits per heavy atom. The minimum atomic E-state index is 0.186. The molecule has 2 aliphatic rings. The van der Waals surface area contributed by atoms with E-state index in [1.54, 1.807) is 5.56 Å². The maximum absolute atomic E-state index is 6.08.